The fourth-order valence-corrected chi connectivity index (χ4v) is 2.40. The summed E-state index contributed by atoms with van der Waals surface area (Å²) in [6, 6.07) is 11.7. The van der Waals surface area contributed by atoms with Crippen LogP contribution < -0.4 is 5.32 Å². The van der Waals surface area contributed by atoms with E-state index in [1.165, 1.54) is 14.0 Å². The monoisotopic (exact) mass is 335 g/mol. The van der Waals surface area contributed by atoms with Gasteiger partial charge in [0.1, 0.15) is 17.2 Å². The van der Waals surface area contributed by atoms with Crippen LogP contribution in [-0.4, -0.2) is 24.7 Å². The van der Waals surface area contributed by atoms with Gasteiger partial charge in [-0.2, -0.15) is 0 Å². The summed E-state index contributed by atoms with van der Waals surface area (Å²) < 4.78 is 32.0. The average molecular weight is 335 g/mol. The van der Waals surface area contributed by atoms with Gasteiger partial charge < -0.3 is 15.2 Å². The normalized spacial score (nSPS) is 14.7. The number of ether oxygens (including phenoxy) is 1. The van der Waals surface area contributed by atoms with E-state index < -0.39 is 29.2 Å². The third kappa shape index (κ3) is 4.15. The summed E-state index contributed by atoms with van der Waals surface area (Å²) in [7, 11) is 1.40. The number of methoxy groups -OCH3 is 1. The molecule has 0 saturated carbocycles. The lowest BCUT2D eigenvalue weighted by molar-refractivity contribution is -0.132. The number of aliphatic hydroxyl groups is 1. The number of carbonyl (C=O) groups excluding carboxylic acids is 1. The number of hydrogen-bond acceptors (Lipinski definition) is 3. The van der Waals surface area contributed by atoms with Crippen molar-refractivity contribution in [3.05, 3.63) is 71.3 Å². The van der Waals surface area contributed by atoms with Crippen molar-refractivity contribution < 1.29 is 23.4 Å². The van der Waals surface area contributed by atoms with Gasteiger partial charge in [-0.05, 0) is 18.6 Å². The van der Waals surface area contributed by atoms with Gasteiger partial charge >= 0.3 is 0 Å². The molecule has 0 aliphatic rings. The molecule has 4 nitrogen and oxygen atoms in total. The van der Waals surface area contributed by atoms with Crippen LogP contribution in [0.25, 0.3) is 0 Å². The minimum Gasteiger partial charge on any atom is -0.383 e. The Morgan fingerprint density at radius 1 is 1.25 bits per heavy atom. The maximum absolute atomic E-state index is 13.8. The molecule has 0 aromatic heterocycles. The van der Waals surface area contributed by atoms with Crippen molar-refractivity contribution in [2.75, 3.05) is 13.7 Å². The van der Waals surface area contributed by atoms with E-state index in [0.717, 1.165) is 12.1 Å². The van der Waals surface area contributed by atoms with Gasteiger partial charge in [0.15, 0.2) is 6.10 Å². The molecule has 2 rings (SSSR count). The SMILES string of the molecule is COC(C(=O)NCC(C)(O)c1ccc(F)cc1F)c1ccccc1. The summed E-state index contributed by atoms with van der Waals surface area (Å²) in [5.74, 6) is -2.08. The quantitative estimate of drug-likeness (QED) is 0.853. The second-order valence-corrected chi connectivity index (χ2v) is 5.64. The molecule has 2 aromatic rings. The van der Waals surface area contributed by atoms with Crippen LogP contribution in [0.5, 0.6) is 0 Å². The molecule has 6 heteroatoms. The van der Waals surface area contributed by atoms with Crippen molar-refractivity contribution in [1.82, 2.24) is 5.32 Å². The number of rotatable bonds is 6. The van der Waals surface area contributed by atoms with Gasteiger partial charge in [-0.15, -0.1) is 0 Å². The number of carbonyl (C=O) groups is 1. The number of hydrogen-bond donors (Lipinski definition) is 2. The van der Waals surface area contributed by atoms with Crippen LogP contribution in [0.2, 0.25) is 0 Å². The average Bonchev–Trinajstić information content (AvgIpc) is 2.54. The molecule has 0 radical (unpaired) electrons. The molecule has 0 bridgehead atoms. The molecular weight excluding hydrogens is 316 g/mol. The van der Waals surface area contributed by atoms with Crippen LogP contribution in [0.1, 0.15) is 24.2 Å². The minimum absolute atomic E-state index is 0.0992. The summed E-state index contributed by atoms with van der Waals surface area (Å²) in [5, 5.41) is 13.0. The van der Waals surface area contributed by atoms with Gasteiger partial charge in [0, 0.05) is 18.7 Å². The molecule has 0 fully saturated rings. The number of benzene rings is 2. The summed E-state index contributed by atoms with van der Waals surface area (Å²) >= 11 is 0. The molecular formula is C18H19F2NO3. The maximum atomic E-state index is 13.8. The molecule has 2 unspecified atom stereocenters. The Bertz CT molecular complexity index is 705. The number of halogens is 2. The lowest BCUT2D eigenvalue weighted by atomic mass is 9.95. The van der Waals surface area contributed by atoms with E-state index in [2.05, 4.69) is 5.32 Å². The van der Waals surface area contributed by atoms with E-state index in [1.54, 1.807) is 24.3 Å². The molecule has 0 spiro atoms. The third-order valence-corrected chi connectivity index (χ3v) is 3.69. The minimum atomic E-state index is -1.69. The first-order valence-corrected chi connectivity index (χ1v) is 7.38. The molecule has 2 atom stereocenters. The zero-order valence-electron chi connectivity index (χ0n) is 13.4. The predicted molar refractivity (Wildman–Crippen MR) is 85.1 cm³/mol. The van der Waals surface area contributed by atoms with E-state index in [-0.39, 0.29) is 12.1 Å². The topological polar surface area (TPSA) is 58.6 Å². The molecule has 0 saturated heterocycles. The van der Waals surface area contributed by atoms with E-state index in [1.807, 2.05) is 6.07 Å². The Kier molecular flexibility index (Phi) is 5.64. The second-order valence-electron chi connectivity index (χ2n) is 5.64. The Hall–Kier alpha value is -2.31. The molecule has 2 N–H and O–H groups in total. The summed E-state index contributed by atoms with van der Waals surface area (Å²) in [6.45, 7) is 1.09. The first kappa shape index (κ1) is 18.0. The first-order valence-electron chi connectivity index (χ1n) is 7.38. The number of amides is 1. The highest BCUT2D eigenvalue weighted by molar-refractivity contribution is 5.82. The van der Waals surface area contributed by atoms with Crippen molar-refractivity contribution in [1.29, 1.82) is 0 Å². The molecule has 2 aromatic carbocycles. The highest BCUT2D eigenvalue weighted by Crippen LogP contribution is 2.24. The standard InChI is InChI=1S/C18H19F2NO3/c1-18(23,14-9-8-13(19)10-15(14)20)11-21-17(22)16(24-2)12-6-4-3-5-7-12/h3-10,16,23H,11H2,1-2H3,(H,21,22). The molecule has 0 aliphatic heterocycles. The van der Waals surface area contributed by atoms with E-state index in [0.29, 0.717) is 11.6 Å². The lowest BCUT2D eigenvalue weighted by Gasteiger charge is -2.26. The van der Waals surface area contributed by atoms with Crippen LogP contribution in [0.3, 0.4) is 0 Å². The Balaban J connectivity index is 2.09. The Morgan fingerprint density at radius 3 is 2.50 bits per heavy atom. The fraction of sp³-hybridized carbons (Fsp3) is 0.278. The van der Waals surface area contributed by atoms with Gasteiger partial charge in [-0.1, -0.05) is 36.4 Å². The van der Waals surface area contributed by atoms with Crippen molar-refractivity contribution >= 4 is 5.91 Å². The molecule has 1 amide bonds. The maximum Gasteiger partial charge on any atom is 0.253 e. The van der Waals surface area contributed by atoms with Crippen LogP contribution in [-0.2, 0) is 15.1 Å². The van der Waals surface area contributed by atoms with Gasteiger partial charge in [0.25, 0.3) is 5.91 Å². The summed E-state index contributed by atoms with van der Waals surface area (Å²) in [6.07, 6.45) is -0.847. The van der Waals surface area contributed by atoms with Gasteiger partial charge in [-0.3, -0.25) is 4.79 Å². The molecule has 0 heterocycles. The van der Waals surface area contributed by atoms with Crippen LogP contribution in [0.15, 0.2) is 48.5 Å². The van der Waals surface area contributed by atoms with Crippen molar-refractivity contribution in [3.63, 3.8) is 0 Å². The largest absolute Gasteiger partial charge is 0.383 e. The number of nitrogens with one attached hydrogen (secondary N) is 1. The summed E-state index contributed by atoms with van der Waals surface area (Å²) in [4.78, 5) is 12.3. The van der Waals surface area contributed by atoms with E-state index >= 15 is 0 Å². The fourth-order valence-electron chi connectivity index (χ4n) is 2.40. The summed E-state index contributed by atoms with van der Waals surface area (Å²) in [5.41, 5.74) is -1.13. The Labute approximate surface area is 139 Å². The zero-order valence-corrected chi connectivity index (χ0v) is 13.4. The molecule has 128 valence electrons. The third-order valence-electron chi connectivity index (χ3n) is 3.69. The highest BCUT2D eigenvalue weighted by atomic mass is 19.1. The van der Waals surface area contributed by atoms with Crippen LogP contribution >= 0.6 is 0 Å². The second kappa shape index (κ2) is 7.51. The van der Waals surface area contributed by atoms with Crippen molar-refractivity contribution in [2.45, 2.75) is 18.6 Å². The molecule has 0 aliphatic carbocycles. The van der Waals surface area contributed by atoms with E-state index in [9.17, 15) is 18.7 Å². The van der Waals surface area contributed by atoms with Gasteiger partial charge in [0.05, 0.1) is 6.54 Å². The van der Waals surface area contributed by atoms with Crippen molar-refractivity contribution in [3.8, 4) is 0 Å². The van der Waals surface area contributed by atoms with Crippen LogP contribution in [0, 0.1) is 11.6 Å². The highest BCUT2D eigenvalue weighted by Gasteiger charge is 2.29. The first-order chi connectivity index (χ1) is 11.3. The van der Waals surface area contributed by atoms with E-state index in [4.69, 9.17) is 4.74 Å². The Morgan fingerprint density at radius 2 is 1.92 bits per heavy atom. The predicted octanol–water partition coefficient (Wildman–Crippen LogP) is 2.68. The van der Waals surface area contributed by atoms with Crippen LogP contribution in [0.4, 0.5) is 8.78 Å². The lowest BCUT2D eigenvalue weighted by Crippen LogP contribution is -2.41. The smallest absolute Gasteiger partial charge is 0.253 e. The van der Waals surface area contributed by atoms with Gasteiger partial charge in [0.2, 0.25) is 0 Å². The zero-order chi connectivity index (χ0) is 17.7. The molecule has 24 heavy (non-hydrogen) atoms. The van der Waals surface area contributed by atoms with Crippen molar-refractivity contribution in [2.24, 2.45) is 0 Å². The van der Waals surface area contributed by atoms with Gasteiger partial charge in [-0.25, -0.2) is 8.78 Å².